The smallest absolute Gasteiger partial charge is 0.334 e. The fraction of sp³-hybridized carbons (Fsp3) is 0.472. The molecule has 2 heterocycles. The Morgan fingerprint density at radius 3 is 2.44 bits per heavy atom. The molecule has 0 saturated heterocycles. The number of anilines is 1. The van der Waals surface area contributed by atoms with E-state index in [1.54, 1.807) is 26.0 Å². The number of esters is 2. The summed E-state index contributed by atoms with van der Waals surface area (Å²) in [5, 5.41) is 36.2. The quantitative estimate of drug-likeness (QED) is 0.156. The first kappa shape index (κ1) is 32.3. The summed E-state index contributed by atoms with van der Waals surface area (Å²) < 4.78 is 11.6. The van der Waals surface area contributed by atoms with Crippen LogP contribution in [0.15, 0.2) is 42.0 Å². The highest BCUT2D eigenvalue weighted by molar-refractivity contribution is 5.89. The molecule has 3 aliphatic rings. The van der Waals surface area contributed by atoms with Crippen LogP contribution in [0.2, 0.25) is 0 Å². The zero-order chi connectivity index (χ0) is 32.3. The van der Waals surface area contributed by atoms with Crippen LogP contribution in [0, 0.1) is 17.8 Å². The number of fused-ring (bicyclic) bond motifs is 1. The van der Waals surface area contributed by atoms with Crippen molar-refractivity contribution >= 4 is 23.4 Å². The molecule has 2 aromatic rings. The van der Waals surface area contributed by atoms with Crippen LogP contribution in [0.5, 0.6) is 11.5 Å². The molecular weight excluding hydrogens is 574 g/mol. The second-order valence-electron chi connectivity index (χ2n) is 12.4. The first-order valence-electron chi connectivity index (χ1n) is 15.7. The van der Waals surface area contributed by atoms with Gasteiger partial charge in [-0.2, -0.15) is 0 Å². The molecule has 9 heteroatoms. The maximum atomic E-state index is 13.9. The highest BCUT2D eigenvalue weighted by atomic mass is 16.6. The number of carbonyl (C=O) groups excluding carboxylic acids is 3. The molecule has 2 bridgehead atoms. The van der Waals surface area contributed by atoms with E-state index in [1.165, 1.54) is 6.07 Å². The fourth-order valence-corrected chi connectivity index (χ4v) is 6.60. The van der Waals surface area contributed by atoms with E-state index in [-0.39, 0.29) is 49.1 Å². The third kappa shape index (κ3) is 7.08. The Morgan fingerprint density at radius 1 is 1.02 bits per heavy atom. The fourth-order valence-electron chi connectivity index (χ4n) is 6.60. The molecular formula is C36H41NO8. The first-order chi connectivity index (χ1) is 21.5. The van der Waals surface area contributed by atoms with E-state index in [2.05, 4.69) is 17.2 Å². The van der Waals surface area contributed by atoms with Gasteiger partial charge in [0.05, 0.1) is 18.9 Å². The number of ketones is 1. The van der Waals surface area contributed by atoms with E-state index in [0.29, 0.717) is 54.5 Å². The van der Waals surface area contributed by atoms with E-state index >= 15 is 0 Å². The molecule has 0 amide bonds. The topological polar surface area (TPSA) is 142 Å². The number of allylic oxidation sites excluding steroid dienone is 1. The van der Waals surface area contributed by atoms with Crippen LogP contribution < -0.4 is 10.1 Å². The zero-order valence-corrected chi connectivity index (χ0v) is 26.0. The number of carbonyl (C=O) groups is 3. The molecule has 1 fully saturated rings. The molecule has 2 aliphatic heterocycles. The van der Waals surface area contributed by atoms with Crippen LogP contribution in [-0.4, -0.2) is 51.3 Å². The van der Waals surface area contributed by atoms with Gasteiger partial charge in [0.2, 0.25) is 0 Å². The second-order valence-corrected chi connectivity index (χ2v) is 12.4. The van der Waals surface area contributed by atoms with Crippen LogP contribution in [-0.2, 0) is 32.1 Å². The molecule has 0 spiro atoms. The van der Waals surface area contributed by atoms with Gasteiger partial charge in [0.1, 0.15) is 29.0 Å². The van der Waals surface area contributed by atoms with Gasteiger partial charge in [0.15, 0.2) is 0 Å². The summed E-state index contributed by atoms with van der Waals surface area (Å²) in [7, 11) is 0. The molecule has 1 saturated carbocycles. The maximum absolute atomic E-state index is 13.9. The number of aliphatic hydroxyl groups is 2. The van der Waals surface area contributed by atoms with Gasteiger partial charge in [-0.25, -0.2) is 4.79 Å². The Labute approximate surface area is 263 Å². The lowest BCUT2D eigenvalue weighted by Gasteiger charge is -2.40. The Hall–Kier alpha value is -4.13. The summed E-state index contributed by atoms with van der Waals surface area (Å²) in [5.41, 5.74) is 2.18. The van der Waals surface area contributed by atoms with Crippen molar-refractivity contribution < 1.29 is 39.2 Å². The summed E-state index contributed by atoms with van der Waals surface area (Å²) >= 11 is 0. The van der Waals surface area contributed by atoms with Crippen molar-refractivity contribution in [2.75, 3.05) is 11.9 Å². The van der Waals surface area contributed by atoms with Crippen molar-refractivity contribution in [1.82, 2.24) is 0 Å². The molecule has 45 heavy (non-hydrogen) atoms. The van der Waals surface area contributed by atoms with Crippen molar-refractivity contribution in [2.45, 2.75) is 95.9 Å². The lowest BCUT2D eigenvalue weighted by Crippen LogP contribution is -2.50. The predicted octanol–water partition coefficient (Wildman–Crippen LogP) is 4.81. The number of ether oxygens (including phenoxy) is 2. The van der Waals surface area contributed by atoms with Gasteiger partial charge in [-0.3, -0.25) is 9.59 Å². The molecule has 2 aromatic carbocycles. The lowest BCUT2D eigenvalue weighted by molar-refractivity contribution is -0.169. The molecule has 238 valence electrons. The Kier molecular flexibility index (Phi) is 9.66. The van der Waals surface area contributed by atoms with Crippen molar-refractivity contribution in [3.8, 4) is 23.3 Å². The Balaban J connectivity index is 1.64. The van der Waals surface area contributed by atoms with Gasteiger partial charge in [-0.1, -0.05) is 24.0 Å². The predicted molar refractivity (Wildman–Crippen MR) is 168 cm³/mol. The standard InChI is InChI=1S/C36H41NO8/c1-4-22-14-23(25-12-21(20-38)13-28(15-25)37-5-2)6-7-24-18-34(41)44-32-19-31(40)26(16-30(24)32)17-33(45-35(22)42)36(3,43)27-8-10-29(39)11-9-27/h4,12-13,15-16,19,23-24,27,33,37-38,40,43H,5,8-11,14,17-18,20H2,1-3H3. The van der Waals surface area contributed by atoms with Crippen LogP contribution in [0.3, 0.4) is 0 Å². The zero-order valence-electron chi connectivity index (χ0n) is 26.0. The average molecular weight is 616 g/mol. The summed E-state index contributed by atoms with van der Waals surface area (Å²) in [5.74, 6) is 4.40. The number of cyclic esters (lactones) is 1. The third-order valence-electron chi connectivity index (χ3n) is 9.30. The van der Waals surface area contributed by atoms with Gasteiger partial charge in [-0.05, 0) is 80.8 Å². The molecule has 4 atom stereocenters. The number of phenolic OH excluding ortho intramolecular Hbond substituents is 1. The molecule has 9 nitrogen and oxygen atoms in total. The van der Waals surface area contributed by atoms with E-state index in [4.69, 9.17) is 9.47 Å². The minimum atomic E-state index is -1.50. The summed E-state index contributed by atoms with van der Waals surface area (Å²) in [4.78, 5) is 38.4. The Bertz CT molecular complexity index is 1570. The normalized spacial score (nSPS) is 24.6. The SMILES string of the molecule is CC=C1CC(c2cc(CO)cc(NCC)c2)C#CC2CC(=O)Oc3cc(O)c(cc32)CC(C(C)(O)C2CCC(=O)CC2)OC1=O. The van der Waals surface area contributed by atoms with Crippen LogP contribution in [0.1, 0.15) is 93.4 Å². The molecule has 4 N–H and O–H groups in total. The molecule has 5 rings (SSSR count). The van der Waals surface area contributed by atoms with Gasteiger partial charge < -0.3 is 30.1 Å². The van der Waals surface area contributed by atoms with E-state index in [9.17, 15) is 29.7 Å². The van der Waals surface area contributed by atoms with Gasteiger partial charge in [0.25, 0.3) is 0 Å². The number of Topliss-reactive ketones (excluding diaryl/α,β-unsaturated/α-hetero) is 1. The van der Waals surface area contributed by atoms with E-state index in [1.807, 2.05) is 25.1 Å². The largest absolute Gasteiger partial charge is 0.508 e. The average Bonchev–Trinajstić information content (AvgIpc) is 3.01. The number of hydrogen-bond donors (Lipinski definition) is 4. The van der Waals surface area contributed by atoms with Crippen molar-refractivity contribution in [3.63, 3.8) is 0 Å². The van der Waals surface area contributed by atoms with Gasteiger partial charge in [-0.15, -0.1) is 0 Å². The van der Waals surface area contributed by atoms with Gasteiger partial charge >= 0.3 is 11.9 Å². The molecule has 0 aromatic heterocycles. The highest BCUT2D eigenvalue weighted by Crippen LogP contribution is 2.42. The highest BCUT2D eigenvalue weighted by Gasteiger charge is 2.44. The van der Waals surface area contributed by atoms with Crippen molar-refractivity contribution in [3.05, 3.63) is 64.2 Å². The number of hydrogen-bond acceptors (Lipinski definition) is 9. The number of aromatic hydroxyl groups is 1. The number of aliphatic hydroxyl groups excluding tert-OH is 1. The van der Waals surface area contributed by atoms with E-state index in [0.717, 1.165) is 11.3 Å². The Morgan fingerprint density at radius 2 is 1.76 bits per heavy atom. The number of phenols is 1. The summed E-state index contributed by atoms with van der Waals surface area (Å²) in [6.45, 7) is 5.84. The monoisotopic (exact) mass is 615 g/mol. The van der Waals surface area contributed by atoms with Crippen molar-refractivity contribution in [2.24, 2.45) is 5.92 Å². The number of nitrogens with one attached hydrogen (secondary N) is 1. The number of benzene rings is 2. The van der Waals surface area contributed by atoms with Crippen LogP contribution in [0.4, 0.5) is 5.69 Å². The van der Waals surface area contributed by atoms with Gasteiger partial charge in [0, 0.05) is 54.6 Å². The minimum absolute atomic E-state index is 0.00140. The van der Waals surface area contributed by atoms with E-state index < -0.39 is 35.5 Å². The first-order valence-corrected chi connectivity index (χ1v) is 15.7. The summed E-state index contributed by atoms with van der Waals surface area (Å²) in [6.07, 6.45) is 2.45. The summed E-state index contributed by atoms with van der Waals surface area (Å²) in [6, 6.07) is 8.75. The molecule has 4 unspecified atom stereocenters. The maximum Gasteiger partial charge on any atom is 0.334 e. The van der Waals surface area contributed by atoms with Crippen LogP contribution >= 0.6 is 0 Å². The van der Waals surface area contributed by atoms with Crippen LogP contribution in [0.25, 0.3) is 0 Å². The van der Waals surface area contributed by atoms with Crippen molar-refractivity contribution in [1.29, 1.82) is 0 Å². The molecule has 0 radical (unpaired) electrons. The minimum Gasteiger partial charge on any atom is -0.508 e. The molecule has 1 aliphatic carbocycles. The third-order valence-corrected chi connectivity index (χ3v) is 9.30. The number of rotatable bonds is 6. The second kappa shape index (κ2) is 13.5. The lowest BCUT2D eigenvalue weighted by atomic mass is 9.73.